The molecule has 6 heteroatoms. The number of fused-ring (bicyclic) bond motifs is 1. The fourth-order valence-corrected chi connectivity index (χ4v) is 2.97. The number of hydrogen-bond acceptors (Lipinski definition) is 5. The number of carboxylic acid groups (broad SMARTS) is 1. The Kier molecular flexibility index (Phi) is 4.02. The van der Waals surface area contributed by atoms with Gasteiger partial charge in [0.05, 0.1) is 0 Å². The molecule has 1 aromatic carbocycles. The predicted molar refractivity (Wildman–Crippen MR) is 84.2 cm³/mol. The van der Waals surface area contributed by atoms with E-state index in [-0.39, 0.29) is 0 Å². The zero-order valence-electron chi connectivity index (χ0n) is 13.0. The first kappa shape index (κ1) is 14.8. The van der Waals surface area contributed by atoms with Gasteiger partial charge < -0.3 is 14.4 Å². The van der Waals surface area contributed by atoms with E-state index in [0.717, 1.165) is 29.8 Å². The SMILES string of the molecule is CC[C@H](C(=O)O)N1CCN(c2nc3cc(C)ccc3o2)CC1. The molecule has 1 saturated heterocycles. The topological polar surface area (TPSA) is 69.8 Å². The van der Waals surface area contributed by atoms with Gasteiger partial charge in [0.15, 0.2) is 5.58 Å². The van der Waals surface area contributed by atoms with Gasteiger partial charge in [-0.1, -0.05) is 13.0 Å². The van der Waals surface area contributed by atoms with Crippen LogP contribution in [-0.4, -0.2) is 53.2 Å². The third-order valence-electron chi connectivity index (χ3n) is 4.23. The van der Waals surface area contributed by atoms with E-state index in [1.165, 1.54) is 0 Å². The lowest BCUT2D eigenvalue weighted by Gasteiger charge is -2.36. The molecule has 3 rings (SSSR count). The van der Waals surface area contributed by atoms with Crippen LogP contribution in [0, 0.1) is 6.92 Å². The molecule has 0 spiro atoms. The highest BCUT2D eigenvalue weighted by molar-refractivity contribution is 5.75. The Hall–Kier alpha value is -2.08. The van der Waals surface area contributed by atoms with Crippen LogP contribution in [0.15, 0.2) is 22.6 Å². The number of piperazine rings is 1. The number of aryl methyl sites for hydroxylation is 1. The molecule has 1 atom stereocenters. The number of oxazole rings is 1. The van der Waals surface area contributed by atoms with Crippen molar-refractivity contribution in [1.29, 1.82) is 0 Å². The van der Waals surface area contributed by atoms with Crippen molar-refractivity contribution in [2.75, 3.05) is 31.1 Å². The van der Waals surface area contributed by atoms with E-state index in [4.69, 9.17) is 4.42 Å². The van der Waals surface area contributed by atoms with Crippen LogP contribution in [0.5, 0.6) is 0 Å². The fraction of sp³-hybridized carbons (Fsp3) is 0.500. The maximum Gasteiger partial charge on any atom is 0.320 e. The molecule has 0 aliphatic carbocycles. The minimum absolute atomic E-state index is 0.395. The number of benzene rings is 1. The van der Waals surface area contributed by atoms with Crippen LogP contribution >= 0.6 is 0 Å². The second-order valence-electron chi connectivity index (χ2n) is 5.75. The quantitative estimate of drug-likeness (QED) is 0.933. The van der Waals surface area contributed by atoms with Gasteiger partial charge in [-0.15, -0.1) is 0 Å². The van der Waals surface area contributed by atoms with Crippen LogP contribution in [0.25, 0.3) is 11.1 Å². The molecule has 0 unspecified atom stereocenters. The average molecular weight is 303 g/mol. The molecule has 0 saturated carbocycles. The molecule has 22 heavy (non-hydrogen) atoms. The lowest BCUT2D eigenvalue weighted by molar-refractivity contribution is -0.143. The molecular weight excluding hydrogens is 282 g/mol. The summed E-state index contributed by atoms with van der Waals surface area (Å²) < 4.78 is 5.81. The summed E-state index contributed by atoms with van der Waals surface area (Å²) in [5.41, 5.74) is 2.82. The smallest absolute Gasteiger partial charge is 0.320 e. The Morgan fingerprint density at radius 2 is 2.09 bits per heavy atom. The predicted octanol–water partition coefficient (Wildman–Crippen LogP) is 2.12. The van der Waals surface area contributed by atoms with Crippen LogP contribution in [-0.2, 0) is 4.79 Å². The van der Waals surface area contributed by atoms with Crippen LogP contribution < -0.4 is 4.90 Å². The van der Waals surface area contributed by atoms with Gasteiger partial charge in [-0.3, -0.25) is 9.69 Å². The van der Waals surface area contributed by atoms with Crippen LogP contribution in [0.1, 0.15) is 18.9 Å². The van der Waals surface area contributed by atoms with Crippen LogP contribution in [0.2, 0.25) is 0 Å². The second kappa shape index (κ2) is 5.96. The molecule has 0 amide bonds. The number of aromatic nitrogens is 1. The maximum absolute atomic E-state index is 11.2. The highest BCUT2D eigenvalue weighted by atomic mass is 16.4. The van der Waals surface area contributed by atoms with Gasteiger partial charge in [-0.2, -0.15) is 4.98 Å². The molecule has 0 radical (unpaired) electrons. The number of rotatable bonds is 4. The lowest BCUT2D eigenvalue weighted by atomic mass is 10.1. The van der Waals surface area contributed by atoms with E-state index in [1.54, 1.807) is 0 Å². The van der Waals surface area contributed by atoms with E-state index in [2.05, 4.69) is 9.88 Å². The molecule has 0 bridgehead atoms. The Morgan fingerprint density at radius 3 is 2.73 bits per heavy atom. The zero-order valence-corrected chi connectivity index (χ0v) is 13.0. The first-order chi connectivity index (χ1) is 10.6. The number of aliphatic carboxylic acids is 1. The summed E-state index contributed by atoms with van der Waals surface area (Å²) in [6.07, 6.45) is 0.623. The molecule has 6 nitrogen and oxygen atoms in total. The normalized spacial score (nSPS) is 17.8. The third kappa shape index (κ3) is 2.78. The maximum atomic E-state index is 11.2. The summed E-state index contributed by atoms with van der Waals surface area (Å²) in [4.78, 5) is 19.9. The number of anilines is 1. The molecule has 2 aromatic rings. The molecule has 1 aliphatic heterocycles. The van der Waals surface area contributed by atoms with Crippen molar-refractivity contribution in [3.63, 3.8) is 0 Å². The van der Waals surface area contributed by atoms with Crippen molar-refractivity contribution in [1.82, 2.24) is 9.88 Å². The van der Waals surface area contributed by atoms with Gasteiger partial charge in [-0.25, -0.2) is 0 Å². The number of hydrogen-bond donors (Lipinski definition) is 1. The van der Waals surface area contributed by atoms with E-state index in [0.29, 0.717) is 25.5 Å². The zero-order chi connectivity index (χ0) is 15.7. The van der Waals surface area contributed by atoms with Crippen molar-refractivity contribution in [2.45, 2.75) is 26.3 Å². The summed E-state index contributed by atoms with van der Waals surface area (Å²) in [6, 6.07) is 6.19. The molecular formula is C16H21N3O3. The summed E-state index contributed by atoms with van der Waals surface area (Å²) >= 11 is 0. The number of nitrogens with zero attached hydrogens (tertiary/aromatic N) is 3. The van der Waals surface area contributed by atoms with Crippen molar-refractivity contribution >= 4 is 23.1 Å². The molecule has 1 N–H and O–H groups in total. The number of carbonyl (C=O) groups is 1. The van der Waals surface area contributed by atoms with Crippen molar-refractivity contribution in [2.24, 2.45) is 0 Å². The Bertz CT molecular complexity index is 674. The summed E-state index contributed by atoms with van der Waals surface area (Å²) in [6.45, 7) is 6.83. The van der Waals surface area contributed by atoms with Crippen molar-refractivity contribution in [3.05, 3.63) is 23.8 Å². The molecule has 1 fully saturated rings. The Balaban J connectivity index is 1.71. The minimum Gasteiger partial charge on any atom is -0.480 e. The van der Waals surface area contributed by atoms with E-state index >= 15 is 0 Å². The first-order valence-electron chi connectivity index (χ1n) is 7.67. The van der Waals surface area contributed by atoms with E-state index in [1.807, 2.05) is 36.9 Å². The molecule has 118 valence electrons. The number of carboxylic acids is 1. The largest absolute Gasteiger partial charge is 0.480 e. The Morgan fingerprint density at radius 1 is 1.36 bits per heavy atom. The summed E-state index contributed by atoms with van der Waals surface area (Å²) in [7, 11) is 0. The third-order valence-corrected chi connectivity index (χ3v) is 4.23. The summed E-state index contributed by atoms with van der Waals surface area (Å²) in [5, 5.41) is 9.24. The van der Waals surface area contributed by atoms with E-state index in [9.17, 15) is 9.90 Å². The van der Waals surface area contributed by atoms with Crippen molar-refractivity contribution < 1.29 is 14.3 Å². The second-order valence-corrected chi connectivity index (χ2v) is 5.75. The van der Waals surface area contributed by atoms with Crippen LogP contribution in [0.3, 0.4) is 0 Å². The first-order valence-corrected chi connectivity index (χ1v) is 7.67. The summed E-state index contributed by atoms with van der Waals surface area (Å²) in [5.74, 6) is -0.742. The van der Waals surface area contributed by atoms with Crippen molar-refractivity contribution in [3.8, 4) is 0 Å². The van der Waals surface area contributed by atoms with E-state index < -0.39 is 12.0 Å². The molecule has 1 aromatic heterocycles. The van der Waals surface area contributed by atoms with Gasteiger partial charge >= 0.3 is 5.97 Å². The van der Waals surface area contributed by atoms with Crippen LogP contribution in [0.4, 0.5) is 6.01 Å². The average Bonchev–Trinajstić information content (AvgIpc) is 2.91. The van der Waals surface area contributed by atoms with Gasteiger partial charge in [0.2, 0.25) is 0 Å². The van der Waals surface area contributed by atoms with Gasteiger partial charge in [0.1, 0.15) is 11.6 Å². The highest BCUT2D eigenvalue weighted by Gasteiger charge is 2.28. The molecule has 1 aliphatic rings. The van der Waals surface area contributed by atoms with Gasteiger partial charge in [0, 0.05) is 26.2 Å². The standard InChI is InChI=1S/C16H21N3O3/c1-3-13(15(20)21)18-6-8-19(9-7-18)16-17-12-10-11(2)4-5-14(12)22-16/h4-5,10,13H,3,6-9H2,1-2H3,(H,20,21)/t13-/m1/s1. The lowest BCUT2D eigenvalue weighted by Crippen LogP contribution is -2.52. The monoisotopic (exact) mass is 303 g/mol. The Labute approximate surface area is 129 Å². The molecule has 2 heterocycles. The highest BCUT2D eigenvalue weighted by Crippen LogP contribution is 2.24. The van der Waals surface area contributed by atoms with Gasteiger partial charge in [0.25, 0.3) is 6.01 Å². The minimum atomic E-state index is -0.742. The van der Waals surface area contributed by atoms with Gasteiger partial charge in [-0.05, 0) is 31.0 Å². The fourth-order valence-electron chi connectivity index (χ4n) is 2.97.